The minimum Gasteiger partial charge on any atom is -0.459 e. The molecular formula is C15H17NO2. The summed E-state index contributed by atoms with van der Waals surface area (Å²) >= 11 is 0. The molecule has 3 nitrogen and oxygen atoms in total. The minimum absolute atomic E-state index is 0.0212. The first-order valence-corrected chi connectivity index (χ1v) is 5.98. The van der Waals surface area contributed by atoms with Gasteiger partial charge in [-0.2, -0.15) is 5.26 Å². The molecule has 0 unspecified atom stereocenters. The summed E-state index contributed by atoms with van der Waals surface area (Å²) in [7, 11) is 0. The summed E-state index contributed by atoms with van der Waals surface area (Å²) in [6.45, 7) is 5.58. The maximum atomic E-state index is 11.6. The maximum Gasteiger partial charge on any atom is 0.349 e. The van der Waals surface area contributed by atoms with Gasteiger partial charge in [-0.1, -0.05) is 31.2 Å². The molecule has 0 amide bonds. The van der Waals surface area contributed by atoms with Crippen molar-refractivity contribution in [1.29, 1.82) is 5.26 Å². The van der Waals surface area contributed by atoms with E-state index in [9.17, 15) is 4.79 Å². The number of benzene rings is 1. The molecule has 0 atom stereocenters. The Labute approximate surface area is 108 Å². The van der Waals surface area contributed by atoms with Gasteiger partial charge in [0.1, 0.15) is 11.6 Å². The van der Waals surface area contributed by atoms with Gasteiger partial charge < -0.3 is 4.74 Å². The van der Waals surface area contributed by atoms with Crippen molar-refractivity contribution in [2.45, 2.75) is 33.3 Å². The average Bonchev–Trinajstić information content (AvgIpc) is 2.35. The van der Waals surface area contributed by atoms with Gasteiger partial charge in [0.15, 0.2) is 0 Å². The van der Waals surface area contributed by atoms with Crippen molar-refractivity contribution in [2.75, 3.05) is 0 Å². The third-order valence-corrected chi connectivity index (χ3v) is 2.38. The van der Waals surface area contributed by atoms with Crippen molar-refractivity contribution < 1.29 is 9.53 Å². The Hall–Kier alpha value is -2.08. The fourth-order valence-corrected chi connectivity index (χ4v) is 1.43. The molecule has 0 heterocycles. The summed E-state index contributed by atoms with van der Waals surface area (Å²) in [4.78, 5) is 11.6. The van der Waals surface area contributed by atoms with Crippen LogP contribution in [0, 0.1) is 11.3 Å². The number of rotatable bonds is 4. The number of hydrogen-bond acceptors (Lipinski definition) is 3. The van der Waals surface area contributed by atoms with E-state index in [0.29, 0.717) is 0 Å². The summed E-state index contributed by atoms with van der Waals surface area (Å²) in [5.74, 6) is -0.577. The molecule has 0 spiro atoms. The van der Waals surface area contributed by atoms with Crippen molar-refractivity contribution in [3.63, 3.8) is 0 Å². The second kappa shape index (κ2) is 6.61. The summed E-state index contributed by atoms with van der Waals surface area (Å²) < 4.78 is 4.99. The molecule has 1 aromatic carbocycles. The Morgan fingerprint density at radius 2 is 2.00 bits per heavy atom. The lowest BCUT2D eigenvalue weighted by Gasteiger charge is -2.06. The maximum absolute atomic E-state index is 11.6. The van der Waals surface area contributed by atoms with Crippen molar-refractivity contribution in [2.24, 2.45) is 0 Å². The van der Waals surface area contributed by atoms with Gasteiger partial charge in [-0.05, 0) is 37.5 Å². The van der Waals surface area contributed by atoms with Crippen LogP contribution in [0.15, 0.2) is 29.8 Å². The summed E-state index contributed by atoms with van der Waals surface area (Å²) in [5, 5.41) is 8.95. The highest BCUT2D eigenvalue weighted by atomic mass is 16.5. The van der Waals surface area contributed by atoms with Gasteiger partial charge in [-0.15, -0.1) is 0 Å². The van der Waals surface area contributed by atoms with Crippen LogP contribution in [0.5, 0.6) is 0 Å². The van der Waals surface area contributed by atoms with Crippen LogP contribution in [0.2, 0.25) is 0 Å². The van der Waals surface area contributed by atoms with Gasteiger partial charge in [0.2, 0.25) is 0 Å². The Kier molecular flexibility index (Phi) is 5.13. The normalized spacial score (nSPS) is 11.2. The van der Waals surface area contributed by atoms with E-state index in [4.69, 9.17) is 10.00 Å². The molecule has 0 bridgehead atoms. The molecule has 0 aliphatic carbocycles. The monoisotopic (exact) mass is 243 g/mol. The predicted octanol–water partition coefficient (Wildman–Crippen LogP) is 3.11. The third-order valence-electron chi connectivity index (χ3n) is 2.38. The first kappa shape index (κ1) is 14.0. The number of nitrogens with zero attached hydrogens (tertiary/aromatic N) is 1. The van der Waals surface area contributed by atoms with Crippen LogP contribution in [0.4, 0.5) is 0 Å². The molecule has 0 aromatic heterocycles. The lowest BCUT2D eigenvalue weighted by atomic mass is 10.1. The van der Waals surface area contributed by atoms with Crippen molar-refractivity contribution in [3.8, 4) is 6.07 Å². The van der Waals surface area contributed by atoms with Gasteiger partial charge >= 0.3 is 5.97 Å². The molecule has 0 radical (unpaired) electrons. The van der Waals surface area contributed by atoms with Gasteiger partial charge in [0.05, 0.1) is 6.10 Å². The number of aryl methyl sites for hydroxylation is 1. The number of nitriles is 1. The van der Waals surface area contributed by atoms with Crippen LogP contribution >= 0.6 is 0 Å². The smallest absolute Gasteiger partial charge is 0.349 e. The second-order valence-corrected chi connectivity index (χ2v) is 4.22. The van der Waals surface area contributed by atoms with Crippen molar-refractivity contribution in [3.05, 3.63) is 41.0 Å². The molecule has 0 saturated heterocycles. The van der Waals surface area contributed by atoms with E-state index in [-0.39, 0.29) is 11.7 Å². The van der Waals surface area contributed by atoms with E-state index < -0.39 is 5.97 Å². The van der Waals surface area contributed by atoms with Crippen LogP contribution in [0.1, 0.15) is 31.9 Å². The summed E-state index contributed by atoms with van der Waals surface area (Å²) in [6, 6.07) is 9.61. The van der Waals surface area contributed by atoms with E-state index in [1.807, 2.05) is 30.3 Å². The fraction of sp³-hybridized carbons (Fsp3) is 0.333. The van der Waals surface area contributed by atoms with E-state index >= 15 is 0 Å². The molecule has 3 heteroatoms. The zero-order valence-corrected chi connectivity index (χ0v) is 10.9. The van der Waals surface area contributed by atoms with Gasteiger partial charge in [-0.3, -0.25) is 0 Å². The molecule has 0 N–H and O–H groups in total. The van der Waals surface area contributed by atoms with Crippen LogP contribution in [-0.2, 0) is 16.0 Å². The standard InChI is InChI=1S/C15H17NO2/c1-4-12-5-7-13(8-6-12)9-14(10-16)15(17)18-11(2)3/h5-9,11H,4H2,1-3H3. The fourth-order valence-electron chi connectivity index (χ4n) is 1.43. The largest absolute Gasteiger partial charge is 0.459 e. The highest BCUT2D eigenvalue weighted by Crippen LogP contribution is 2.11. The second-order valence-electron chi connectivity index (χ2n) is 4.22. The van der Waals surface area contributed by atoms with E-state index in [0.717, 1.165) is 12.0 Å². The lowest BCUT2D eigenvalue weighted by Crippen LogP contribution is -2.12. The molecule has 1 rings (SSSR count). The molecule has 18 heavy (non-hydrogen) atoms. The minimum atomic E-state index is -0.577. The van der Waals surface area contributed by atoms with Gasteiger partial charge in [0, 0.05) is 0 Å². The highest BCUT2D eigenvalue weighted by molar-refractivity contribution is 5.97. The first-order valence-electron chi connectivity index (χ1n) is 5.98. The highest BCUT2D eigenvalue weighted by Gasteiger charge is 2.12. The topological polar surface area (TPSA) is 50.1 Å². The third kappa shape index (κ3) is 4.06. The Morgan fingerprint density at radius 1 is 1.39 bits per heavy atom. The predicted molar refractivity (Wildman–Crippen MR) is 70.6 cm³/mol. The zero-order valence-electron chi connectivity index (χ0n) is 10.9. The molecule has 0 aliphatic rings. The number of ether oxygens (including phenoxy) is 1. The van der Waals surface area contributed by atoms with Gasteiger partial charge in [0.25, 0.3) is 0 Å². The van der Waals surface area contributed by atoms with Crippen LogP contribution < -0.4 is 0 Å². The van der Waals surface area contributed by atoms with E-state index in [1.54, 1.807) is 19.9 Å². The number of hydrogen-bond donors (Lipinski definition) is 0. The molecule has 0 fully saturated rings. The van der Waals surface area contributed by atoms with Crippen molar-refractivity contribution >= 4 is 12.0 Å². The van der Waals surface area contributed by atoms with E-state index in [2.05, 4.69) is 6.92 Å². The van der Waals surface area contributed by atoms with E-state index in [1.165, 1.54) is 5.56 Å². The van der Waals surface area contributed by atoms with Crippen LogP contribution in [-0.4, -0.2) is 12.1 Å². The molecule has 94 valence electrons. The molecule has 1 aromatic rings. The quantitative estimate of drug-likeness (QED) is 0.464. The number of carbonyl (C=O) groups is 1. The van der Waals surface area contributed by atoms with Crippen LogP contribution in [0.25, 0.3) is 6.08 Å². The Bertz CT molecular complexity index is 478. The SMILES string of the molecule is CCc1ccc(C=C(C#N)C(=O)OC(C)C)cc1. The molecule has 0 aliphatic heterocycles. The Balaban J connectivity index is 2.90. The molecular weight excluding hydrogens is 226 g/mol. The first-order chi connectivity index (χ1) is 8.56. The zero-order chi connectivity index (χ0) is 13.5. The van der Waals surface area contributed by atoms with Crippen LogP contribution in [0.3, 0.4) is 0 Å². The molecule has 0 saturated carbocycles. The lowest BCUT2D eigenvalue weighted by molar-refractivity contribution is -0.142. The average molecular weight is 243 g/mol. The van der Waals surface area contributed by atoms with Gasteiger partial charge in [-0.25, -0.2) is 4.79 Å². The Morgan fingerprint density at radius 3 is 2.44 bits per heavy atom. The van der Waals surface area contributed by atoms with Crippen molar-refractivity contribution in [1.82, 2.24) is 0 Å². The summed E-state index contributed by atoms with van der Waals surface area (Å²) in [5.41, 5.74) is 2.06. The summed E-state index contributed by atoms with van der Waals surface area (Å²) in [6.07, 6.45) is 2.28. The number of carbonyl (C=O) groups excluding carboxylic acids is 1. The number of esters is 1.